The van der Waals surface area contributed by atoms with Crippen molar-refractivity contribution in [3.05, 3.63) is 62.3 Å². The number of benzene rings is 2. The van der Waals surface area contributed by atoms with Gasteiger partial charge in [-0.15, -0.1) is 0 Å². The predicted octanol–water partition coefficient (Wildman–Crippen LogP) is 4.04. The normalized spacial score (nSPS) is 11.0. The van der Waals surface area contributed by atoms with Crippen molar-refractivity contribution in [3.63, 3.8) is 0 Å². The number of carboxylic acid groups (broad SMARTS) is 1. The maximum absolute atomic E-state index is 11.4. The minimum Gasteiger partial charge on any atom is -0.478 e. The Hall–Kier alpha value is -1.60. The van der Waals surface area contributed by atoms with Crippen LogP contribution in [0.4, 0.5) is 0 Å². The predicted molar refractivity (Wildman–Crippen MR) is 90.0 cm³/mol. The number of hydrogen-bond acceptors (Lipinski definition) is 2. The first-order chi connectivity index (χ1) is 10.1. The molecule has 21 heavy (non-hydrogen) atoms. The molecular weight excluding hydrogens is 403 g/mol. The molecule has 0 atom stereocenters. The third kappa shape index (κ3) is 2.75. The van der Waals surface area contributed by atoms with Gasteiger partial charge < -0.3 is 5.11 Å². The quantitative estimate of drug-likeness (QED) is 0.661. The molecule has 106 valence electrons. The van der Waals surface area contributed by atoms with Crippen LogP contribution >= 0.6 is 34.2 Å². The third-order valence-electron chi connectivity index (χ3n) is 3.22. The molecule has 3 rings (SSSR count). The monoisotopic (exact) mass is 412 g/mol. The van der Waals surface area contributed by atoms with E-state index in [1.54, 1.807) is 16.9 Å². The first-order valence-electron chi connectivity index (χ1n) is 6.18. The summed E-state index contributed by atoms with van der Waals surface area (Å²) in [6.07, 6.45) is 1.61. The van der Waals surface area contributed by atoms with Gasteiger partial charge >= 0.3 is 5.97 Å². The zero-order valence-electron chi connectivity index (χ0n) is 10.8. The molecule has 0 radical (unpaired) electrons. The van der Waals surface area contributed by atoms with Crippen LogP contribution in [0, 0.1) is 3.57 Å². The fourth-order valence-corrected chi connectivity index (χ4v) is 2.79. The Balaban J connectivity index is 2.12. The van der Waals surface area contributed by atoms with Crippen molar-refractivity contribution in [3.8, 4) is 0 Å². The summed E-state index contributed by atoms with van der Waals surface area (Å²) < 4.78 is 2.82. The van der Waals surface area contributed by atoms with E-state index < -0.39 is 5.97 Å². The van der Waals surface area contributed by atoms with Gasteiger partial charge in [0, 0.05) is 8.96 Å². The number of hydrogen-bond donors (Lipinski definition) is 1. The van der Waals surface area contributed by atoms with Crippen molar-refractivity contribution in [2.75, 3.05) is 0 Å². The Morgan fingerprint density at radius 1 is 1.24 bits per heavy atom. The lowest BCUT2D eigenvalue weighted by atomic mass is 10.1. The molecule has 2 aromatic carbocycles. The molecule has 6 heteroatoms. The van der Waals surface area contributed by atoms with Crippen LogP contribution in [0.15, 0.2) is 42.6 Å². The van der Waals surface area contributed by atoms with Gasteiger partial charge in [-0.25, -0.2) is 4.79 Å². The number of rotatable bonds is 3. The molecule has 0 aliphatic carbocycles. The molecule has 0 aliphatic heterocycles. The SMILES string of the molecule is O=C(O)c1ccc(Cl)c2cnn(Cc3ccc(I)cc3)c12. The molecule has 1 aromatic heterocycles. The summed E-state index contributed by atoms with van der Waals surface area (Å²) in [7, 11) is 0. The zero-order chi connectivity index (χ0) is 15.0. The fourth-order valence-electron chi connectivity index (χ4n) is 2.22. The summed E-state index contributed by atoms with van der Waals surface area (Å²) in [6, 6.07) is 11.1. The zero-order valence-corrected chi connectivity index (χ0v) is 13.7. The fraction of sp³-hybridized carbons (Fsp3) is 0.0667. The highest BCUT2D eigenvalue weighted by atomic mass is 127. The number of aromatic carboxylic acids is 1. The minimum atomic E-state index is -0.985. The molecule has 4 nitrogen and oxygen atoms in total. The molecule has 0 bridgehead atoms. The van der Waals surface area contributed by atoms with E-state index >= 15 is 0 Å². The third-order valence-corrected chi connectivity index (χ3v) is 4.27. The van der Waals surface area contributed by atoms with Crippen molar-refractivity contribution < 1.29 is 9.90 Å². The van der Waals surface area contributed by atoms with Crippen molar-refractivity contribution in [2.24, 2.45) is 0 Å². The van der Waals surface area contributed by atoms with Crippen LogP contribution in [-0.2, 0) is 6.54 Å². The molecule has 0 unspecified atom stereocenters. The van der Waals surface area contributed by atoms with E-state index in [2.05, 4.69) is 27.7 Å². The Bertz CT molecular complexity index is 828. The van der Waals surface area contributed by atoms with E-state index in [-0.39, 0.29) is 5.56 Å². The average Bonchev–Trinajstić information content (AvgIpc) is 2.86. The number of carbonyl (C=O) groups is 1. The first-order valence-corrected chi connectivity index (χ1v) is 7.63. The lowest BCUT2D eigenvalue weighted by Gasteiger charge is -2.07. The number of nitrogens with zero attached hydrogens (tertiary/aromatic N) is 2. The number of halogens is 2. The van der Waals surface area contributed by atoms with E-state index in [4.69, 9.17) is 11.6 Å². The average molecular weight is 413 g/mol. The molecule has 0 amide bonds. The largest absolute Gasteiger partial charge is 0.478 e. The van der Waals surface area contributed by atoms with Gasteiger partial charge in [0.1, 0.15) is 0 Å². The second-order valence-corrected chi connectivity index (χ2v) is 6.24. The summed E-state index contributed by atoms with van der Waals surface area (Å²) in [4.78, 5) is 11.4. The van der Waals surface area contributed by atoms with Crippen molar-refractivity contribution in [1.29, 1.82) is 0 Å². The maximum Gasteiger partial charge on any atom is 0.337 e. The van der Waals surface area contributed by atoms with Gasteiger partial charge in [-0.3, -0.25) is 4.68 Å². The Morgan fingerprint density at radius 3 is 2.62 bits per heavy atom. The van der Waals surface area contributed by atoms with Crippen LogP contribution in [0.5, 0.6) is 0 Å². The molecule has 1 heterocycles. The second-order valence-electron chi connectivity index (χ2n) is 4.59. The van der Waals surface area contributed by atoms with Crippen LogP contribution in [0.2, 0.25) is 5.02 Å². The van der Waals surface area contributed by atoms with Crippen molar-refractivity contribution >= 4 is 51.1 Å². The summed E-state index contributed by atoms with van der Waals surface area (Å²) in [5.41, 5.74) is 1.81. The van der Waals surface area contributed by atoms with E-state index in [0.29, 0.717) is 22.5 Å². The number of aromatic nitrogens is 2. The van der Waals surface area contributed by atoms with Gasteiger partial charge in [-0.2, -0.15) is 5.10 Å². The van der Waals surface area contributed by atoms with Gasteiger partial charge in [0.25, 0.3) is 0 Å². The molecular formula is C15H10ClIN2O2. The summed E-state index contributed by atoms with van der Waals surface area (Å²) in [6.45, 7) is 0.501. The highest BCUT2D eigenvalue weighted by molar-refractivity contribution is 14.1. The van der Waals surface area contributed by atoms with E-state index in [0.717, 1.165) is 9.13 Å². The van der Waals surface area contributed by atoms with Crippen LogP contribution in [-0.4, -0.2) is 20.9 Å². The maximum atomic E-state index is 11.4. The molecule has 0 saturated heterocycles. The van der Waals surface area contributed by atoms with Gasteiger partial charge in [-0.05, 0) is 52.4 Å². The van der Waals surface area contributed by atoms with Crippen LogP contribution in [0.1, 0.15) is 15.9 Å². The molecule has 0 fully saturated rings. The van der Waals surface area contributed by atoms with E-state index in [1.165, 1.54) is 6.07 Å². The standard InChI is InChI=1S/C15H10ClIN2O2/c16-13-6-5-11(15(20)21)14-12(13)7-18-19(14)8-9-1-3-10(17)4-2-9/h1-7H,8H2,(H,20,21). The Labute approximate surface area is 139 Å². The van der Waals surface area contributed by atoms with Crippen molar-refractivity contribution in [1.82, 2.24) is 9.78 Å². The number of carboxylic acids is 1. The van der Waals surface area contributed by atoms with Crippen LogP contribution in [0.25, 0.3) is 10.9 Å². The minimum absolute atomic E-state index is 0.206. The van der Waals surface area contributed by atoms with Gasteiger partial charge in [0.15, 0.2) is 0 Å². The molecule has 0 saturated carbocycles. The molecule has 1 N–H and O–H groups in total. The smallest absolute Gasteiger partial charge is 0.337 e. The molecule has 0 aliphatic rings. The number of fused-ring (bicyclic) bond motifs is 1. The topological polar surface area (TPSA) is 55.1 Å². The molecule has 3 aromatic rings. The van der Waals surface area contributed by atoms with Gasteiger partial charge in [0.05, 0.1) is 28.8 Å². The summed E-state index contributed by atoms with van der Waals surface area (Å²) >= 11 is 8.36. The highest BCUT2D eigenvalue weighted by Crippen LogP contribution is 2.27. The van der Waals surface area contributed by atoms with E-state index in [9.17, 15) is 9.90 Å². The Kier molecular flexibility index (Phi) is 3.86. The lowest BCUT2D eigenvalue weighted by Crippen LogP contribution is -2.06. The first kappa shape index (κ1) is 14.3. The second kappa shape index (κ2) is 5.65. The van der Waals surface area contributed by atoms with E-state index in [1.807, 2.05) is 24.3 Å². The molecule has 0 spiro atoms. The van der Waals surface area contributed by atoms with Crippen LogP contribution in [0.3, 0.4) is 0 Å². The van der Waals surface area contributed by atoms with Gasteiger partial charge in [-0.1, -0.05) is 23.7 Å². The highest BCUT2D eigenvalue weighted by Gasteiger charge is 2.16. The van der Waals surface area contributed by atoms with Crippen LogP contribution < -0.4 is 0 Å². The lowest BCUT2D eigenvalue weighted by molar-refractivity contribution is 0.0698. The summed E-state index contributed by atoms with van der Waals surface area (Å²) in [5.74, 6) is -0.985. The summed E-state index contributed by atoms with van der Waals surface area (Å²) in [5, 5.41) is 14.8. The Morgan fingerprint density at radius 2 is 1.95 bits per heavy atom. The van der Waals surface area contributed by atoms with Gasteiger partial charge in [0.2, 0.25) is 0 Å². The van der Waals surface area contributed by atoms with Crippen molar-refractivity contribution in [2.45, 2.75) is 6.54 Å².